The summed E-state index contributed by atoms with van der Waals surface area (Å²) in [6.45, 7) is 2.32. The van der Waals surface area contributed by atoms with Crippen LogP contribution in [0.3, 0.4) is 0 Å². The van der Waals surface area contributed by atoms with Gasteiger partial charge in [-0.1, -0.05) is 0 Å². The monoisotopic (exact) mass is 291 g/mol. The van der Waals surface area contributed by atoms with Crippen LogP contribution in [0.15, 0.2) is 6.20 Å². The summed E-state index contributed by atoms with van der Waals surface area (Å²) >= 11 is 0. The van der Waals surface area contributed by atoms with Crippen molar-refractivity contribution >= 4 is 11.9 Å². The first-order chi connectivity index (χ1) is 9.97. The molecule has 2 aliphatic rings. The van der Waals surface area contributed by atoms with Crippen molar-refractivity contribution < 1.29 is 14.7 Å². The Morgan fingerprint density at radius 2 is 2.05 bits per heavy atom. The number of nitrogens with zero attached hydrogens (tertiary/aromatic N) is 2. The first kappa shape index (κ1) is 14.1. The maximum atomic E-state index is 12.4. The Morgan fingerprint density at radius 3 is 2.62 bits per heavy atom. The lowest BCUT2D eigenvalue weighted by molar-refractivity contribution is -0.149. The molecule has 6 nitrogen and oxygen atoms in total. The Hall–Kier alpha value is -1.85. The van der Waals surface area contributed by atoms with Gasteiger partial charge in [0, 0.05) is 25.4 Å². The molecule has 2 saturated carbocycles. The minimum Gasteiger partial charge on any atom is -0.481 e. The molecule has 2 fully saturated rings. The fraction of sp³-hybridized carbons (Fsp3) is 0.667. The number of carboxylic acid groups (broad SMARTS) is 1. The van der Waals surface area contributed by atoms with Gasteiger partial charge in [0.1, 0.15) is 0 Å². The van der Waals surface area contributed by atoms with E-state index in [4.69, 9.17) is 0 Å². The van der Waals surface area contributed by atoms with Crippen LogP contribution in [-0.4, -0.2) is 26.8 Å². The standard InChI is InChI=1S/C15H21N3O3/c1-8-11(7-18(2)17-8)6-16-14(19)12-9-3-4-10(5-9)13(12)15(20)21/h7,9-10,12-13H,3-6H2,1-2H3,(H,16,19)(H,20,21)/t9-,10-,12-,13-/m0/s1. The number of rotatable bonds is 4. The van der Waals surface area contributed by atoms with Crippen molar-refractivity contribution in [1.29, 1.82) is 0 Å². The number of fused-ring (bicyclic) bond motifs is 2. The highest BCUT2D eigenvalue weighted by molar-refractivity contribution is 5.86. The minimum absolute atomic E-state index is 0.113. The van der Waals surface area contributed by atoms with E-state index < -0.39 is 11.9 Å². The number of carbonyl (C=O) groups is 2. The summed E-state index contributed by atoms with van der Waals surface area (Å²) in [5.41, 5.74) is 1.86. The molecule has 4 atom stereocenters. The largest absolute Gasteiger partial charge is 0.481 e. The van der Waals surface area contributed by atoms with Gasteiger partial charge in [-0.3, -0.25) is 14.3 Å². The van der Waals surface area contributed by atoms with Crippen molar-refractivity contribution in [2.24, 2.45) is 30.7 Å². The van der Waals surface area contributed by atoms with Crippen LogP contribution >= 0.6 is 0 Å². The number of aliphatic carboxylic acids is 1. The van der Waals surface area contributed by atoms with Crippen LogP contribution in [0.2, 0.25) is 0 Å². The summed E-state index contributed by atoms with van der Waals surface area (Å²) in [6.07, 6.45) is 4.71. The molecule has 1 amide bonds. The predicted octanol–water partition coefficient (Wildman–Crippen LogP) is 1.09. The van der Waals surface area contributed by atoms with Gasteiger partial charge in [-0.2, -0.15) is 5.10 Å². The number of nitrogens with one attached hydrogen (secondary N) is 1. The molecule has 1 heterocycles. The van der Waals surface area contributed by atoms with Crippen LogP contribution < -0.4 is 5.32 Å². The molecular formula is C15H21N3O3. The number of aryl methyl sites for hydroxylation is 2. The summed E-state index contributed by atoms with van der Waals surface area (Å²) in [4.78, 5) is 23.9. The smallest absolute Gasteiger partial charge is 0.307 e. The average molecular weight is 291 g/mol. The number of aromatic nitrogens is 2. The second-order valence-corrected chi connectivity index (χ2v) is 6.35. The number of carboxylic acids is 1. The second kappa shape index (κ2) is 5.16. The van der Waals surface area contributed by atoms with Gasteiger partial charge in [0.05, 0.1) is 17.5 Å². The SMILES string of the molecule is Cc1nn(C)cc1CNC(=O)[C@H]1[C@H]2CC[C@@H](C2)[C@@H]1C(=O)O. The van der Waals surface area contributed by atoms with Crippen molar-refractivity contribution in [2.45, 2.75) is 32.7 Å². The molecule has 0 saturated heterocycles. The number of amides is 1. The average Bonchev–Trinajstić information content (AvgIpc) is 3.09. The van der Waals surface area contributed by atoms with E-state index in [-0.39, 0.29) is 23.7 Å². The molecule has 0 aliphatic heterocycles. The molecule has 6 heteroatoms. The highest BCUT2D eigenvalue weighted by Gasteiger charge is 2.53. The lowest BCUT2D eigenvalue weighted by atomic mass is 9.78. The van der Waals surface area contributed by atoms with Crippen molar-refractivity contribution in [2.75, 3.05) is 0 Å². The van der Waals surface area contributed by atoms with Crippen LogP contribution in [-0.2, 0) is 23.2 Å². The number of hydrogen-bond donors (Lipinski definition) is 2. The molecule has 114 valence electrons. The third kappa shape index (κ3) is 2.43. The molecular weight excluding hydrogens is 270 g/mol. The fourth-order valence-electron chi connectivity index (χ4n) is 4.15. The van der Waals surface area contributed by atoms with Crippen LogP contribution in [0.5, 0.6) is 0 Å². The van der Waals surface area contributed by atoms with Gasteiger partial charge >= 0.3 is 5.97 Å². The molecule has 0 radical (unpaired) electrons. The Labute approximate surface area is 123 Å². The first-order valence-corrected chi connectivity index (χ1v) is 7.47. The highest BCUT2D eigenvalue weighted by atomic mass is 16.4. The highest BCUT2D eigenvalue weighted by Crippen LogP contribution is 2.52. The van der Waals surface area contributed by atoms with E-state index in [0.717, 1.165) is 30.5 Å². The zero-order valence-electron chi connectivity index (χ0n) is 12.4. The van der Waals surface area contributed by atoms with Gasteiger partial charge in [-0.05, 0) is 38.0 Å². The maximum Gasteiger partial charge on any atom is 0.307 e. The van der Waals surface area contributed by atoms with E-state index in [1.165, 1.54) is 0 Å². The van der Waals surface area contributed by atoms with Gasteiger partial charge in [-0.15, -0.1) is 0 Å². The Morgan fingerprint density at radius 1 is 1.38 bits per heavy atom. The number of carbonyl (C=O) groups excluding carboxylic acids is 1. The van der Waals surface area contributed by atoms with Crippen molar-refractivity contribution in [1.82, 2.24) is 15.1 Å². The van der Waals surface area contributed by atoms with Crippen LogP contribution in [0, 0.1) is 30.6 Å². The summed E-state index contributed by atoms with van der Waals surface area (Å²) in [6, 6.07) is 0. The molecule has 0 spiro atoms. The van der Waals surface area contributed by atoms with Gasteiger partial charge < -0.3 is 10.4 Å². The molecule has 0 unspecified atom stereocenters. The van der Waals surface area contributed by atoms with Crippen LogP contribution in [0.4, 0.5) is 0 Å². The van der Waals surface area contributed by atoms with Gasteiger partial charge in [-0.25, -0.2) is 0 Å². The van der Waals surface area contributed by atoms with Crippen molar-refractivity contribution in [3.63, 3.8) is 0 Å². The lowest BCUT2D eigenvalue weighted by Gasteiger charge is -2.27. The van der Waals surface area contributed by atoms with E-state index in [2.05, 4.69) is 10.4 Å². The van der Waals surface area contributed by atoms with Crippen LogP contribution in [0.1, 0.15) is 30.5 Å². The van der Waals surface area contributed by atoms with E-state index in [1.54, 1.807) is 4.68 Å². The Bertz CT molecular complexity index is 581. The molecule has 1 aromatic heterocycles. The quantitative estimate of drug-likeness (QED) is 0.869. The topological polar surface area (TPSA) is 84.2 Å². The summed E-state index contributed by atoms with van der Waals surface area (Å²) < 4.78 is 1.72. The molecule has 2 bridgehead atoms. The van der Waals surface area contributed by atoms with Crippen LogP contribution in [0.25, 0.3) is 0 Å². The van der Waals surface area contributed by atoms with E-state index in [9.17, 15) is 14.7 Å². The fourth-order valence-corrected chi connectivity index (χ4v) is 4.15. The molecule has 2 aliphatic carbocycles. The van der Waals surface area contributed by atoms with E-state index in [0.29, 0.717) is 6.54 Å². The predicted molar refractivity (Wildman–Crippen MR) is 75.2 cm³/mol. The second-order valence-electron chi connectivity index (χ2n) is 6.35. The number of hydrogen-bond acceptors (Lipinski definition) is 3. The summed E-state index contributed by atoms with van der Waals surface area (Å²) in [5, 5.41) is 16.5. The molecule has 3 rings (SSSR count). The minimum atomic E-state index is -0.820. The first-order valence-electron chi connectivity index (χ1n) is 7.47. The lowest BCUT2D eigenvalue weighted by Crippen LogP contribution is -2.41. The third-order valence-electron chi connectivity index (χ3n) is 5.07. The zero-order chi connectivity index (χ0) is 15.1. The molecule has 1 aromatic rings. The normalized spacial score (nSPS) is 30.6. The van der Waals surface area contributed by atoms with E-state index in [1.807, 2.05) is 20.2 Å². The molecule has 0 aromatic carbocycles. The maximum absolute atomic E-state index is 12.4. The van der Waals surface area contributed by atoms with Gasteiger partial charge in [0.25, 0.3) is 0 Å². The third-order valence-corrected chi connectivity index (χ3v) is 5.07. The summed E-state index contributed by atoms with van der Waals surface area (Å²) in [7, 11) is 1.84. The Balaban J connectivity index is 1.67. The Kier molecular flexibility index (Phi) is 3.47. The van der Waals surface area contributed by atoms with Crippen molar-refractivity contribution in [3.05, 3.63) is 17.5 Å². The molecule has 2 N–H and O–H groups in total. The van der Waals surface area contributed by atoms with Crippen molar-refractivity contribution in [3.8, 4) is 0 Å². The van der Waals surface area contributed by atoms with Gasteiger partial charge in [0.2, 0.25) is 5.91 Å². The zero-order valence-corrected chi connectivity index (χ0v) is 12.4. The summed E-state index contributed by atoms with van der Waals surface area (Å²) in [5.74, 6) is -1.37. The van der Waals surface area contributed by atoms with E-state index >= 15 is 0 Å². The molecule has 21 heavy (non-hydrogen) atoms. The van der Waals surface area contributed by atoms with Gasteiger partial charge in [0.15, 0.2) is 0 Å².